The van der Waals surface area contributed by atoms with Crippen molar-refractivity contribution in [3.05, 3.63) is 23.9 Å². The average Bonchev–Trinajstić information content (AvgIpc) is 2.66. The number of carbonyl (C=O) groups excluding carboxylic acids is 1. The van der Waals surface area contributed by atoms with E-state index >= 15 is 0 Å². The molecule has 0 aromatic heterocycles. The summed E-state index contributed by atoms with van der Waals surface area (Å²) >= 11 is 1.86. The quantitative estimate of drug-likeness (QED) is 0.747. The molecular formula is C12H14N2OS. The standard InChI is InChI=1S/C12H14N2OS/c13-11(15)8-7-16-12-5-2-1-3-10(12)14-6-4-9(8)12/h1-3,6,8-9H,4-5,7H2,(H2,13,15). The van der Waals surface area contributed by atoms with Crippen molar-refractivity contribution in [1.29, 1.82) is 0 Å². The van der Waals surface area contributed by atoms with Crippen LogP contribution in [0.4, 0.5) is 0 Å². The summed E-state index contributed by atoms with van der Waals surface area (Å²) in [4.78, 5) is 15.9. The Kier molecular flexibility index (Phi) is 2.21. The molecule has 3 atom stereocenters. The molecule has 84 valence electrons. The molecule has 16 heavy (non-hydrogen) atoms. The van der Waals surface area contributed by atoms with Crippen molar-refractivity contribution in [2.75, 3.05) is 5.75 Å². The fourth-order valence-corrected chi connectivity index (χ4v) is 4.79. The molecule has 0 aromatic carbocycles. The van der Waals surface area contributed by atoms with Crippen molar-refractivity contribution in [2.24, 2.45) is 22.6 Å². The zero-order chi connectivity index (χ0) is 11.2. The van der Waals surface area contributed by atoms with Gasteiger partial charge >= 0.3 is 0 Å². The van der Waals surface area contributed by atoms with E-state index in [4.69, 9.17) is 5.73 Å². The van der Waals surface area contributed by atoms with Crippen molar-refractivity contribution in [3.8, 4) is 0 Å². The van der Waals surface area contributed by atoms with Crippen LogP contribution in [0.5, 0.6) is 0 Å². The van der Waals surface area contributed by atoms with Gasteiger partial charge in [-0.3, -0.25) is 9.79 Å². The third kappa shape index (κ3) is 1.22. The van der Waals surface area contributed by atoms with Crippen LogP contribution in [0.1, 0.15) is 12.8 Å². The monoisotopic (exact) mass is 234 g/mol. The molecule has 3 unspecified atom stereocenters. The number of hydrogen-bond acceptors (Lipinski definition) is 3. The molecule has 3 nitrogen and oxygen atoms in total. The first-order chi connectivity index (χ1) is 7.74. The molecule has 3 rings (SSSR count). The van der Waals surface area contributed by atoms with Crippen molar-refractivity contribution >= 4 is 23.9 Å². The third-order valence-corrected chi connectivity index (χ3v) is 5.52. The first-order valence-electron chi connectivity index (χ1n) is 5.57. The first kappa shape index (κ1) is 10.1. The van der Waals surface area contributed by atoms with Crippen LogP contribution in [0.3, 0.4) is 0 Å². The molecule has 4 heteroatoms. The van der Waals surface area contributed by atoms with Crippen molar-refractivity contribution < 1.29 is 4.79 Å². The summed E-state index contributed by atoms with van der Waals surface area (Å²) in [5, 5.41) is 0. The van der Waals surface area contributed by atoms with E-state index in [1.807, 2.05) is 18.0 Å². The smallest absolute Gasteiger partial charge is 0.221 e. The molecule has 0 aromatic rings. The SMILES string of the molecule is NC(=O)C1CSC23CC=CC=C2N=CCC13. The van der Waals surface area contributed by atoms with E-state index in [0.717, 1.165) is 24.3 Å². The fraction of sp³-hybridized carbons (Fsp3) is 0.500. The van der Waals surface area contributed by atoms with Gasteiger partial charge in [-0.2, -0.15) is 0 Å². The van der Waals surface area contributed by atoms with Gasteiger partial charge in [0, 0.05) is 12.0 Å². The summed E-state index contributed by atoms with van der Waals surface area (Å²) in [6.07, 6.45) is 10.1. The molecule has 1 fully saturated rings. The number of rotatable bonds is 1. The molecule has 1 saturated heterocycles. The lowest BCUT2D eigenvalue weighted by Crippen LogP contribution is -2.41. The number of nitrogens with two attached hydrogens (primary N) is 1. The first-order valence-corrected chi connectivity index (χ1v) is 6.56. The van der Waals surface area contributed by atoms with Crippen molar-refractivity contribution in [3.63, 3.8) is 0 Å². The Labute approximate surface area is 98.9 Å². The highest BCUT2D eigenvalue weighted by Gasteiger charge is 2.53. The third-order valence-electron chi connectivity index (χ3n) is 3.81. The molecular weight excluding hydrogens is 220 g/mol. The largest absolute Gasteiger partial charge is 0.369 e. The Morgan fingerprint density at radius 2 is 2.50 bits per heavy atom. The summed E-state index contributed by atoms with van der Waals surface area (Å²) in [5.74, 6) is 1.03. The van der Waals surface area contributed by atoms with Gasteiger partial charge in [0.1, 0.15) is 0 Å². The number of hydrogen-bond donors (Lipinski definition) is 1. The molecule has 2 aliphatic heterocycles. The predicted octanol–water partition coefficient (Wildman–Crippen LogP) is 1.51. The number of allylic oxidation sites excluding steroid dienone is 3. The maximum Gasteiger partial charge on any atom is 0.221 e. The molecule has 1 amide bonds. The molecule has 1 spiro atoms. The number of thioether (sulfide) groups is 1. The molecule has 1 aliphatic carbocycles. The highest BCUT2D eigenvalue weighted by atomic mass is 32.2. The zero-order valence-corrected chi connectivity index (χ0v) is 9.74. The van der Waals surface area contributed by atoms with E-state index in [-0.39, 0.29) is 16.6 Å². The molecule has 2 N–H and O–H groups in total. The van der Waals surface area contributed by atoms with Gasteiger partial charge in [-0.15, -0.1) is 11.8 Å². The van der Waals surface area contributed by atoms with Crippen molar-refractivity contribution in [1.82, 2.24) is 0 Å². The highest BCUT2D eigenvalue weighted by molar-refractivity contribution is 8.01. The lowest BCUT2D eigenvalue weighted by molar-refractivity contribution is -0.122. The van der Waals surface area contributed by atoms with Gasteiger partial charge < -0.3 is 5.73 Å². The van der Waals surface area contributed by atoms with Gasteiger partial charge in [-0.1, -0.05) is 12.2 Å². The molecule has 0 saturated carbocycles. The number of primary amides is 1. The summed E-state index contributed by atoms with van der Waals surface area (Å²) in [6, 6.07) is 0. The Bertz CT molecular complexity index is 427. The maximum absolute atomic E-state index is 11.5. The van der Waals surface area contributed by atoms with Crippen LogP contribution in [-0.2, 0) is 4.79 Å². The topological polar surface area (TPSA) is 55.5 Å². The molecule has 3 aliphatic rings. The van der Waals surface area contributed by atoms with E-state index in [1.54, 1.807) is 0 Å². The van der Waals surface area contributed by atoms with E-state index < -0.39 is 0 Å². The van der Waals surface area contributed by atoms with Crippen LogP contribution < -0.4 is 5.73 Å². The number of carbonyl (C=O) groups is 1. The van der Waals surface area contributed by atoms with Crippen molar-refractivity contribution in [2.45, 2.75) is 17.6 Å². The average molecular weight is 234 g/mol. The highest BCUT2D eigenvalue weighted by Crippen LogP contribution is 2.56. The lowest BCUT2D eigenvalue weighted by Gasteiger charge is -2.39. The second-order valence-electron chi connectivity index (χ2n) is 4.55. The second-order valence-corrected chi connectivity index (χ2v) is 5.90. The normalized spacial score (nSPS) is 40.1. The summed E-state index contributed by atoms with van der Waals surface area (Å²) in [5.41, 5.74) is 6.61. The van der Waals surface area contributed by atoms with E-state index in [0.29, 0.717) is 5.92 Å². The summed E-state index contributed by atoms with van der Waals surface area (Å²) in [7, 11) is 0. The minimum atomic E-state index is -0.154. The van der Waals surface area contributed by atoms with Gasteiger partial charge in [0.15, 0.2) is 0 Å². The van der Waals surface area contributed by atoms with Crippen LogP contribution in [0.15, 0.2) is 28.9 Å². The van der Waals surface area contributed by atoms with Crippen LogP contribution in [0.25, 0.3) is 0 Å². The molecule has 0 bridgehead atoms. The number of aliphatic imine (C=N–C) groups is 1. The van der Waals surface area contributed by atoms with Crippen LogP contribution in [0, 0.1) is 11.8 Å². The van der Waals surface area contributed by atoms with Gasteiger partial charge in [0.25, 0.3) is 0 Å². The second kappa shape index (κ2) is 3.48. The van der Waals surface area contributed by atoms with Gasteiger partial charge in [-0.05, 0) is 24.8 Å². The maximum atomic E-state index is 11.5. The predicted molar refractivity (Wildman–Crippen MR) is 66.3 cm³/mol. The minimum absolute atomic E-state index is 0.00616. The van der Waals surface area contributed by atoms with Gasteiger partial charge in [0.2, 0.25) is 5.91 Å². The number of nitrogens with zero attached hydrogens (tertiary/aromatic N) is 1. The summed E-state index contributed by atoms with van der Waals surface area (Å²) in [6.45, 7) is 0. The van der Waals surface area contributed by atoms with Crippen LogP contribution >= 0.6 is 11.8 Å². The molecule has 0 radical (unpaired) electrons. The van der Waals surface area contributed by atoms with E-state index in [2.05, 4.69) is 23.2 Å². The van der Waals surface area contributed by atoms with Crippen LogP contribution in [-0.4, -0.2) is 22.6 Å². The molecule has 2 heterocycles. The Morgan fingerprint density at radius 3 is 3.31 bits per heavy atom. The zero-order valence-electron chi connectivity index (χ0n) is 8.93. The lowest BCUT2D eigenvalue weighted by atomic mass is 9.74. The van der Waals surface area contributed by atoms with E-state index in [9.17, 15) is 4.79 Å². The Balaban J connectivity index is 2.03. The Morgan fingerprint density at radius 1 is 1.62 bits per heavy atom. The summed E-state index contributed by atoms with van der Waals surface area (Å²) < 4.78 is 0.0309. The van der Waals surface area contributed by atoms with Gasteiger partial charge in [0.05, 0.1) is 16.4 Å². The Hall–Kier alpha value is -1.03. The minimum Gasteiger partial charge on any atom is -0.369 e. The number of amides is 1. The van der Waals surface area contributed by atoms with E-state index in [1.165, 1.54) is 0 Å². The van der Waals surface area contributed by atoms with Gasteiger partial charge in [-0.25, -0.2) is 0 Å². The fourth-order valence-electron chi connectivity index (χ4n) is 2.96. The van der Waals surface area contributed by atoms with Crippen LogP contribution in [0.2, 0.25) is 0 Å².